The average Bonchev–Trinajstić information content (AvgIpc) is 3.35. The van der Waals surface area contributed by atoms with Crippen LogP contribution in [0.3, 0.4) is 0 Å². The Balaban J connectivity index is 1.62. The SMILES string of the molecule is COC(=O)CCc1cnc(C2(NC(=O)OCc3ccccc3)CCCC2)o1. The third-order valence-corrected chi connectivity index (χ3v) is 4.78. The number of carbonyl (C=O) groups is 2. The molecule has 0 atom stereocenters. The third kappa shape index (κ3) is 4.87. The summed E-state index contributed by atoms with van der Waals surface area (Å²) in [6, 6.07) is 9.52. The summed E-state index contributed by atoms with van der Waals surface area (Å²) in [7, 11) is 1.35. The number of benzene rings is 1. The first-order valence-corrected chi connectivity index (χ1v) is 9.12. The van der Waals surface area contributed by atoms with Gasteiger partial charge in [0.05, 0.1) is 19.7 Å². The number of esters is 1. The molecule has 1 fully saturated rings. The van der Waals surface area contributed by atoms with Gasteiger partial charge in [-0.3, -0.25) is 4.79 Å². The number of ether oxygens (including phenoxy) is 2. The summed E-state index contributed by atoms with van der Waals surface area (Å²) >= 11 is 0. The lowest BCUT2D eigenvalue weighted by molar-refractivity contribution is -0.140. The molecule has 1 amide bonds. The maximum Gasteiger partial charge on any atom is 0.408 e. The lowest BCUT2D eigenvalue weighted by Crippen LogP contribution is -2.44. The van der Waals surface area contributed by atoms with Gasteiger partial charge in [-0.1, -0.05) is 43.2 Å². The molecule has 0 spiro atoms. The summed E-state index contributed by atoms with van der Waals surface area (Å²) in [6.45, 7) is 0.207. The van der Waals surface area contributed by atoms with Crippen molar-refractivity contribution >= 4 is 12.1 Å². The highest BCUT2D eigenvalue weighted by molar-refractivity contribution is 5.69. The molecule has 2 aromatic rings. The molecule has 1 aromatic carbocycles. The predicted octanol–water partition coefficient (Wildman–Crippen LogP) is 3.48. The van der Waals surface area contributed by atoms with E-state index in [0.29, 0.717) is 18.1 Å². The molecule has 3 rings (SSSR count). The van der Waals surface area contributed by atoms with E-state index in [1.165, 1.54) is 7.11 Å². The molecule has 0 saturated heterocycles. The number of aryl methyl sites for hydroxylation is 1. The fourth-order valence-corrected chi connectivity index (χ4v) is 3.30. The predicted molar refractivity (Wildman–Crippen MR) is 96.7 cm³/mol. The second kappa shape index (κ2) is 8.70. The molecule has 0 bridgehead atoms. The van der Waals surface area contributed by atoms with E-state index in [9.17, 15) is 9.59 Å². The summed E-state index contributed by atoms with van der Waals surface area (Å²) in [5.41, 5.74) is 0.270. The first-order chi connectivity index (χ1) is 13.1. The lowest BCUT2D eigenvalue weighted by Gasteiger charge is -2.26. The van der Waals surface area contributed by atoms with E-state index < -0.39 is 11.6 Å². The van der Waals surface area contributed by atoms with Crippen LogP contribution < -0.4 is 5.32 Å². The summed E-state index contributed by atoms with van der Waals surface area (Å²) in [5.74, 6) is 0.767. The number of amides is 1. The topological polar surface area (TPSA) is 90.7 Å². The Morgan fingerprint density at radius 3 is 2.67 bits per heavy atom. The summed E-state index contributed by atoms with van der Waals surface area (Å²) in [5, 5.41) is 2.96. The van der Waals surface area contributed by atoms with Crippen molar-refractivity contribution in [2.75, 3.05) is 7.11 Å². The first-order valence-electron chi connectivity index (χ1n) is 9.12. The molecular formula is C20H24N2O5. The van der Waals surface area contributed by atoms with Crippen LogP contribution in [0.2, 0.25) is 0 Å². The number of oxazole rings is 1. The zero-order chi connectivity index (χ0) is 19.1. The molecule has 1 saturated carbocycles. The van der Waals surface area contributed by atoms with Crippen molar-refractivity contribution in [3.05, 3.63) is 53.7 Å². The van der Waals surface area contributed by atoms with Crippen LogP contribution in [0.4, 0.5) is 4.79 Å². The Morgan fingerprint density at radius 1 is 1.22 bits per heavy atom. The Kier molecular flexibility index (Phi) is 6.11. The van der Waals surface area contributed by atoms with Gasteiger partial charge in [-0.25, -0.2) is 9.78 Å². The molecule has 7 nitrogen and oxygen atoms in total. The van der Waals surface area contributed by atoms with Crippen molar-refractivity contribution in [2.45, 2.75) is 50.7 Å². The fraction of sp³-hybridized carbons (Fsp3) is 0.450. The van der Waals surface area contributed by atoms with E-state index in [4.69, 9.17) is 9.15 Å². The maximum absolute atomic E-state index is 12.3. The van der Waals surface area contributed by atoms with Crippen LogP contribution in [0.25, 0.3) is 0 Å². The molecule has 144 valence electrons. The molecule has 0 unspecified atom stereocenters. The van der Waals surface area contributed by atoms with E-state index in [0.717, 1.165) is 31.2 Å². The molecule has 0 aliphatic heterocycles. The normalized spacial score (nSPS) is 15.3. The number of nitrogens with one attached hydrogen (secondary N) is 1. The van der Waals surface area contributed by atoms with Crippen LogP contribution in [0.5, 0.6) is 0 Å². The molecule has 1 N–H and O–H groups in total. The average molecular weight is 372 g/mol. The minimum atomic E-state index is -0.655. The minimum absolute atomic E-state index is 0.207. The molecule has 1 aromatic heterocycles. The number of nitrogens with zero attached hydrogens (tertiary/aromatic N) is 1. The number of rotatable bonds is 7. The molecule has 0 radical (unpaired) electrons. The maximum atomic E-state index is 12.3. The van der Waals surface area contributed by atoms with Crippen LogP contribution in [-0.2, 0) is 32.8 Å². The van der Waals surface area contributed by atoms with Crippen molar-refractivity contribution in [1.82, 2.24) is 10.3 Å². The van der Waals surface area contributed by atoms with Crippen LogP contribution in [0.15, 0.2) is 40.9 Å². The Labute approximate surface area is 158 Å². The van der Waals surface area contributed by atoms with Crippen molar-refractivity contribution in [3.63, 3.8) is 0 Å². The first kappa shape index (κ1) is 18.9. The van der Waals surface area contributed by atoms with Gasteiger partial charge in [-0.2, -0.15) is 0 Å². The number of hydrogen-bond acceptors (Lipinski definition) is 6. The summed E-state index contributed by atoms with van der Waals surface area (Å²) in [6.07, 6.45) is 5.18. The molecule has 1 aliphatic carbocycles. The Morgan fingerprint density at radius 2 is 1.96 bits per heavy atom. The lowest BCUT2D eigenvalue weighted by atomic mass is 9.98. The van der Waals surface area contributed by atoms with Crippen LogP contribution in [0.1, 0.15) is 49.3 Å². The number of methoxy groups -OCH3 is 1. The quantitative estimate of drug-likeness (QED) is 0.749. The van der Waals surface area contributed by atoms with Gasteiger partial charge in [-0.15, -0.1) is 0 Å². The summed E-state index contributed by atoms with van der Waals surface area (Å²) < 4.78 is 15.8. The van der Waals surface area contributed by atoms with Crippen molar-refractivity contribution in [3.8, 4) is 0 Å². The van der Waals surface area contributed by atoms with Crippen LogP contribution in [-0.4, -0.2) is 24.2 Å². The van der Waals surface area contributed by atoms with Gasteiger partial charge >= 0.3 is 12.1 Å². The molecular weight excluding hydrogens is 348 g/mol. The van der Waals surface area contributed by atoms with E-state index in [1.807, 2.05) is 30.3 Å². The molecule has 27 heavy (non-hydrogen) atoms. The van der Waals surface area contributed by atoms with E-state index >= 15 is 0 Å². The smallest absolute Gasteiger partial charge is 0.408 e. The van der Waals surface area contributed by atoms with Gasteiger partial charge in [0.25, 0.3) is 0 Å². The van der Waals surface area contributed by atoms with E-state index in [2.05, 4.69) is 15.0 Å². The van der Waals surface area contributed by atoms with Gasteiger partial charge in [0.2, 0.25) is 5.89 Å². The van der Waals surface area contributed by atoms with Gasteiger partial charge in [-0.05, 0) is 18.4 Å². The van der Waals surface area contributed by atoms with E-state index in [-0.39, 0.29) is 19.0 Å². The number of hydrogen-bond donors (Lipinski definition) is 1. The zero-order valence-electron chi connectivity index (χ0n) is 15.4. The van der Waals surface area contributed by atoms with Crippen LogP contribution >= 0.6 is 0 Å². The minimum Gasteiger partial charge on any atom is -0.469 e. The van der Waals surface area contributed by atoms with Gasteiger partial charge < -0.3 is 19.2 Å². The van der Waals surface area contributed by atoms with Crippen LogP contribution in [0, 0.1) is 0 Å². The van der Waals surface area contributed by atoms with Crippen molar-refractivity contribution < 1.29 is 23.5 Å². The largest absolute Gasteiger partial charge is 0.469 e. The van der Waals surface area contributed by atoms with Crippen molar-refractivity contribution in [1.29, 1.82) is 0 Å². The number of aromatic nitrogens is 1. The number of alkyl carbamates (subject to hydrolysis) is 1. The second-order valence-corrected chi connectivity index (χ2v) is 6.68. The third-order valence-electron chi connectivity index (χ3n) is 4.78. The molecule has 7 heteroatoms. The van der Waals surface area contributed by atoms with E-state index in [1.54, 1.807) is 6.20 Å². The van der Waals surface area contributed by atoms with Gasteiger partial charge in [0, 0.05) is 6.42 Å². The monoisotopic (exact) mass is 372 g/mol. The highest BCUT2D eigenvalue weighted by Crippen LogP contribution is 2.38. The standard InChI is InChI=1S/C20H24N2O5/c1-25-17(23)10-9-16-13-21-18(27-16)20(11-5-6-12-20)22-19(24)26-14-15-7-3-2-4-8-15/h2-4,7-8,13H,5-6,9-12,14H2,1H3,(H,22,24). The second-order valence-electron chi connectivity index (χ2n) is 6.68. The molecule has 1 heterocycles. The zero-order valence-corrected chi connectivity index (χ0v) is 15.4. The van der Waals surface area contributed by atoms with Gasteiger partial charge in [0.15, 0.2) is 0 Å². The highest BCUT2D eigenvalue weighted by Gasteiger charge is 2.42. The molecule has 1 aliphatic rings. The Hall–Kier alpha value is -2.83. The van der Waals surface area contributed by atoms with Gasteiger partial charge in [0.1, 0.15) is 17.9 Å². The fourth-order valence-electron chi connectivity index (χ4n) is 3.30. The number of carbonyl (C=O) groups excluding carboxylic acids is 2. The summed E-state index contributed by atoms with van der Waals surface area (Å²) in [4.78, 5) is 28.0. The highest BCUT2D eigenvalue weighted by atomic mass is 16.5. The van der Waals surface area contributed by atoms with Crippen molar-refractivity contribution in [2.24, 2.45) is 0 Å². The Bertz CT molecular complexity index is 766.